The molecule has 0 radical (unpaired) electrons. The molecule has 1 aromatic rings. The molecule has 0 spiro atoms. The summed E-state index contributed by atoms with van der Waals surface area (Å²) in [7, 11) is 0. The molecule has 0 bridgehead atoms. The van der Waals surface area contributed by atoms with Crippen molar-refractivity contribution in [2.45, 2.75) is 20.3 Å². The van der Waals surface area contributed by atoms with Crippen LogP contribution in [0.2, 0.25) is 0 Å². The number of carbonyl (C=O) groups is 1. The fraction of sp³-hybridized carbons (Fsp3) is 0.364. The molecule has 0 aliphatic carbocycles. The number of ketones is 1. The van der Waals surface area contributed by atoms with E-state index in [4.69, 9.17) is 11.6 Å². The molecule has 0 saturated carbocycles. The van der Waals surface area contributed by atoms with E-state index in [-0.39, 0.29) is 11.7 Å². The molecule has 0 unspecified atom stereocenters. The van der Waals surface area contributed by atoms with Gasteiger partial charge < -0.3 is 0 Å². The van der Waals surface area contributed by atoms with Gasteiger partial charge in [0.2, 0.25) is 0 Å². The smallest absolute Gasteiger partial charge is 0.151 e. The first-order valence-electron chi connectivity index (χ1n) is 4.28. The van der Waals surface area contributed by atoms with E-state index in [1.165, 1.54) is 11.1 Å². The Labute approximate surface area is 83.7 Å². The summed E-state index contributed by atoms with van der Waals surface area (Å²) in [5.74, 6) is 0.184. The van der Waals surface area contributed by atoms with E-state index < -0.39 is 0 Å². The predicted molar refractivity (Wildman–Crippen MR) is 55.3 cm³/mol. The lowest BCUT2D eigenvalue weighted by Gasteiger charge is -2.06. The molecule has 1 nitrogen and oxygen atoms in total. The highest BCUT2D eigenvalue weighted by atomic mass is 35.5. The van der Waals surface area contributed by atoms with Crippen LogP contribution in [0.15, 0.2) is 18.2 Å². The third kappa shape index (κ3) is 2.56. The van der Waals surface area contributed by atoms with Gasteiger partial charge in [-0.1, -0.05) is 18.2 Å². The Morgan fingerprint density at radius 3 is 2.69 bits per heavy atom. The van der Waals surface area contributed by atoms with Crippen molar-refractivity contribution in [1.82, 2.24) is 0 Å². The van der Waals surface area contributed by atoms with Gasteiger partial charge in [0.25, 0.3) is 0 Å². The zero-order valence-corrected chi connectivity index (χ0v) is 8.69. The Bertz CT molecular complexity index is 318. The first-order valence-corrected chi connectivity index (χ1v) is 4.81. The maximum absolute atomic E-state index is 11.1. The second-order valence-electron chi connectivity index (χ2n) is 3.21. The molecule has 70 valence electrons. The van der Waals surface area contributed by atoms with Crippen molar-refractivity contribution in [1.29, 1.82) is 0 Å². The van der Waals surface area contributed by atoms with Crippen LogP contribution < -0.4 is 0 Å². The van der Waals surface area contributed by atoms with Gasteiger partial charge in [-0.3, -0.25) is 4.79 Å². The van der Waals surface area contributed by atoms with Gasteiger partial charge >= 0.3 is 0 Å². The van der Waals surface area contributed by atoms with Gasteiger partial charge in [0.15, 0.2) is 5.78 Å². The third-order valence-corrected chi connectivity index (χ3v) is 2.55. The number of rotatable bonds is 3. The standard InChI is InChI=1S/C11H13ClO/c1-8-4-3-5-10(9(8)2)6-11(13)7-12/h3-5H,6-7H2,1-2H3. The maximum Gasteiger partial charge on any atom is 0.151 e. The van der Waals surface area contributed by atoms with Crippen LogP contribution in [0, 0.1) is 13.8 Å². The number of alkyl halides is 1. The van der Waals surface area contributed by atoms with E-state index in [9.17, 15) is 4.79 Å². The van der Waals surface area contributed by atoms with Crippen molar-refractivity contribution in [3.05, 3.63) is 34.9 Å². The number of Topliss-reactive ketones (excluding diaryl/α,β-unsaturated/α-hetero) is 1. The Morgan fingerprint density at radius 2 is 2.08 bits per heavy atom. The highest BCUT2D eigenvalue weighted by Crippen LogP contribution is 2.13. The van der Waals surface area contributed by atoms with Crippen LogP contribution in [0.25, 0.3) is 0 Å². The van der Waals surface area contributed by atoms with Crippen molar-refractivity contribution >= 4 is 17.4 Å². The summed E-state index contributed by atoms with van der Waals surface area (Å²) >= 11 is 5.44. The molecular weight excluding hydrogens is 184 g/mol. The lowest BCUT2D eigenvalue weighted by atomic mass is 10.00. The van der Waals surface area contributed by atoms with Crippen molar-refractivity contribution in [3.63, 3.8) is 0 Å². The molecule has 0 amide bonds. The first kappa shape index (κ1) is 10.3. The Kier molecular flexibility index (Phi) is 3.49. The quantitative estimate of drug-likeness (QED) is 0.680. The van der Waals surface area contributed by atoms with E-state index in [2.05, 4.69) is 0 Å². The molecule has 0 atom stereocenters. The van der Waals surface area contributed by atoms with Gasteiger partial charge in [-0.05, 0) is 30.5 Å². The van der Waals surface area contributed by atoms with Gasteiger partial charge in [0.05, 0.1) is 5.88 Å². The summed E-state index contributed by atoms with van der Waals surface area (Å²) < 4.78 is 0. The van der Waals surface area contributed by atoms with E-state index in [0.29, 0.717) is 6.42 Å². The number of halogens is 1. The summed E-state index contributed by atoms with van der Waals surface area (Å²) in [4.78, 5) is 11.1. The lowest BCUT2D eigenvalue weighted by molar-refractivity contribution is -0.116. The number of benzene rings is 1. The molecule has 1 rings (SSSR count). The molecule has 0 aliphatic rings. The lowest BCUT2D eigenvalue weighted by Crippen LogP contribution is -2.05. The van der Waals surface area contributed by atoms with Crippen molar-refractivity contribution in [2.24, 2.45) is 0 Å². The molecule has 0 saturated heterocycles. The van der Waals surface area contributed by atoms with Gasteiger partial charge in [0, 0.05) is 6.42 Å². The van der Waals surface area contributed by atoms with Crippen LogP contribution in [0.4, 0.5) is 0 Å². The van der Waals surface area contributed by atoms with E-state index in [1.807, 2.05) is 32.0 Å². The molecule has 0 aliphatic heterocycles. The second-order valence-corrected chi connectivity index (χ2v) is 3.48. The van der Waals surface area contributed by atoms with Crippen LogP contribution in [0.5, 0.6) is 0 Å². The minimum atomic E-state index is 0.0790. The monoisotopic (exact) mass is 196 g/mol. The average molecular weight is 197 g/mol. The van der Waals surface area contributed by atoms with Gasteiger partial charge in [-0.25, -0.2) is 0 Å². The second kappa shape index (κ2) is 4.43. The summed E-state index contributed by atoms with van der Waals surface area (Å²) in [5.41, 5.74) is 3.51. The fourth-order valence-electron chi connectivity index (χ4n) is 1.26. The molecular formula is C11H13ClO. The topological polar surface area (TPSA) is 17.1 Å². The van der Waals surface area contributed by atoms with Gasteiger partial charge in [-0.2, -0.15) is 0 Å². The number of carbonyl (C=O) groups excluding carboxylic acids is 1. The maximum atomic E-state index is 11.1. The summed E-state index contributed by atoms with van der Waals surface area (Å²) in [6.07, 6.45) is 0.455. The highest BCUT2D eigenvalue weighted by molar-refractivity contribution is 6.27. The van der Waals surface area contributed by atoms with Crippen LogP contribution in [0.3, 0.4) is 0 Å². The summed E-state index contributed by atoms with van der Waals surface area (Å²) in [6, 6.07) is 6.00. The Balaban J connectivity index is 2.89. The van der Waals surface area contributed by atoms with Crippen molar-refractivity contribution in [3.8, 4) is 0 Å². The molecule has 13 heavy (non-hydrogen) atoms. The molecule has 0 aromatic heterocycles. The number of aryl methyl sites for hydroxylation is 1. The van der Waals surface area contributed by atoms with E-state index >= 15 is 0 Å². The number of hydrogen-bond acceptors (Lipinski definition) is 1. The molecule has 0 fully saturated rings. The summed E-state index contributed by atoms with van der Waals surface area (Å²) in [5, 5.41) is 0. The minimum absolute atomic E-state index is 0.0790. The minimum Gasteiger partial charge on any atom is -0.298 e. The predicted octanol–water partition coefficient (Wildman–Crippen LogP) is 2.65. The van der Waals surface area contributed by atoms with Gasteiger partial charge in [-0.15, -0.1) is 11.6 Å². The van der Waals surface area contributed by atoms with Crippen molar-refractivity contribution in [2.75, 3.05) is 5.88 Å². The zero-order chi connectivity index (χ0) is 9.84. The third-order valence-electron chi connectivity index (χ3n) is 2.25. The zero-order valence-electron chi connectivity index (χ0n) is 7.93. The van der Waals surface area contributed by atoms with Crippen LogP contribution in [0.1, 0.15) is 16.7 Å². The van der Waals surface area contributed by atoms with Crippen LogP contribution in [-0.2, 0) is 11.2 Å². The SMILES string of the molecule is Cc1cccc(CC(=O)CCl)c1C. The fourth-order valence-corrected chi connectivity index (χ4v) is 1.36. The Hall–Kier alpha value is -0.820. The molecule has 0 heterocycles. The normalized spacial score (nSPS) is 10.1. The largest absolute Gasteiger partial charge is 0.298 e. The van der Waals surface area contributed by atoms with E-state index in [1.54, 1.807) is 0 Å². The molecule has 0 N–H and O–H groups in total. The van der Waals surface area contributed by atoms with Crippen LogP contribution in [-0.4, -0.2) is 11.7 Å². The van der Waals surface area contributed by atoms with E-state index in [0.717, 1.165) is 5.56 Å². The van der Waals surface area contributed by atoms with Gasteiger partial charge in [0.1, 0.15) is 0 Å². The highest BCUT2D eigenvalue weighted by Gasteiger charge is 2.05. The first-order chi connectivity index (χ1) is 6.15. The molecule has 2 heteroatoms. The number of hydrogen-bond donors (Lipinski definition) is 0. The van der Waals surface area contributed by atoms with Crippen molar-refractivity contribution < 1.29 is 4.79 Å². The van der Waals surface area contributed by atoms with Crippen LogP contribution >= 0.6 is 11.6 Å². The summed E-state index contributed by atoms with van der Waals surface area (Å²) in [6.45, 7) is 4.08. The Morgan fingerprint density at radius 1 is 1.38 bits per heavy atom. The average Bonchev–Trinajstić information content (AvgIpc) is 2.13. The molecule has 1 aromatic carbocycles.